The van der Waals surface area contributed by atoms with Gasteiger partial charge in [-0.05, 0) is 6.42 Å². The largest absolute Gasteiger partial charge is 0.229 e. The van der Waals surface area contributed by atoms with Gasteiger partial charge in [0.05, 0.1) is 11.0 Å². The molecule has 1 radical (unpaired) electrons. The van der Waals surface area contributed by atoms with Crippen LogP contribution in [-0.2, 0) is 19.7 Å². The van der Waals surface area contributed by atoms with Gasteiger partial charge in [0.1, 0.15) is 9.84 Å². The Labute approximate surface area is 73.8 Å². The molecular weight excluding hydrogens is 200 g/mol. The van der Waals surface area contributed by atoms with E-state index in [1.807, 2.05) is 0 Å². The first-order valence-electron chi connectivity index (χ1n) is 3.33. The lowest BCUT2D eigenvalue weighted by Gasteiger charge is -2.09. The number of hydrogen-bond acceptors (Lipinski definition) is 4. The van der Waals surface area contributed by atoms with Crippen molar-refractivity contribution in [3.63, 3.8) is 0 Å². The Kier molecular flexibility index (Phi) is 3.71. The van der Waals surface area contributed by atoms with Gasteiger partial charge in [-0.25, -0.2) is 16.8 Å². The summed E-state index contributed by atoms with van der Waals surface area (Å²) < 4.78 is 43.4. The van der Waals surface area contributed by atoms with Crippen molar-refractivity contribution >= 4 is 19.7 Å². The minimum Gasteiger partial charge on any atom is -0.229 e. The van der Waals surface area contributed by atoms with Crippen LogP contribution in [0.3, 0.4) is 0 Å². The van der Waals surface area contributed by atoms with Crippen LogP contribution in [0.25, 0.3) is 0 Å². The highest BCUT2D eigenvalue weighted by molar-refractivity contribution is 7.94. The summed E-state index contributed by atoms with van der Waals surface area (Å²) in [6, 6.07) is 0. The Hall–Kier alpha value is -0.100. The molecule has 0 amide bonds. The summed E-state index contributed by atoms with van der Waals surface area (Å²) in [5, 5.41) is -0.882. The third-order valence-corrected chi connectivity index (χ3v) is 4.10. The molecule has 1 atom stereocenters. The maximum Gasteiger partial charge on any atom is 0.151 e. The molecule has 0 fully saturated rings. The molecular formula is C6H13O4S2. The van der Waals surface area contributed by atoms with E-state index in [9.17, 15) is 16.8 Å². The van der Waals surface area contributed by atoms with Crippen LogP contribution < -0.4 is 0 Å². The number of sulfone groups is 2. The summed E-state index contributed by atoms with van der Waals surface area (Å²) >= 11 is 0. The van der Waals surface area contributed by atoms with Crippen molar-refractivity contribution in [3.8, 4) is 0 Å². The van der Waals surface area contributed by atoms with Gasteiger partial charge in [0, 0.05) is 12.5 Å². The van der Waals surface area contributed by atoms with E-state index < -0.39 is 24.9 Å². The van der Waals surface area contributed by atoms with Gasteiger partial charge in [0.25, 0.3) is 0 Å². The Balaban J connectivity index is 4.64. The topological polar surface area (TPSA) is 68.3 Å². The van der Waals surface area contributed by atoms with Gasteiger partial charge in [-0.3, -0.25) is 0 Å². The van der Waals surface area contributed by atoms with E-state index in [0.717, 1.165) is 12.5 Å². The van der Waals surface area contributed by atoms with Crippen LogP contribution in [0.4, 0.5) is 0 Å². The molecule has 0 N–H and O–H groups in total. The summed E-state index contributed by atoms with van der Waals surface area (Å²) in [6.07, 6.45) is 3.44. The summed E-state index contributed by atoms with van der Waals surface area (Å²) in [4.78, 5) is 0. The van der Waals surface area contributed by atoms with E-state index >= 15 is 0 Å². The lowest BCUT2D eigenvalue weighted by Crippen LogP contribution is -2.28. The van der Waals surface area contributed by atoms with Crippen LogP contribution in [0.2, 0.25) is 0 Å². The molecule has 1 unspecified atom stereocenters. The van der Waals surface area contributed by atoms with E-state index in [-0.39, 0.29) is 5.75 Å². The zero-order valence-electron chi connectivity index (χ0n) is 7.31. The SMILES string of the molecule is C[CH]C(CS(C)(=O)=O)S(C)(=O)=O. The molecule has 0 aromatic rings. The minimum atomic E-state index is -3.28. The van der Waals surface area contributed by atoms with E-state index in [1.54, 1.807) is 0 Å². The van der Waals surface area contributed by atoms with Gasteiger partial charge >= 0.3 is 0 Å². The number of rotatable bonds is 4. The van der Waals surface area contributed by atoms with Crippen LogP contribution in [0.15, 0.2) is 0 Å². The summed E-state index contributed by atoms with van der Waals surface area (Å²) in [5.74, 6) is -0.331. The van der Waals surface area contributed by atoms with Crippen LogP contribution in [0.1, 0.15) is 6.92 Å². The van der Waals surface area contributed by atoms with Crippen molar-refractivity contribution in [2.75, 3.05) is 18.3 Å². The molecule has 0 spiro atoms. The molecule has 6 heteroatoms. The molecule has 73 valence electrons. The van der Waals surface area contributed by atoms with E-state index in [2.05, 4.69) is 0 Å². The third kappa shape index (κ3) is 4.71. The molecule has 0 bridgehead atoms. The molecule has 12 heavy (non-hydrogen) atoms. The van der Waals surface area contributed by atoms with E-state index in [1.165, 1.54) is 13.3 Å². The highest BCUT2D eigenvalue weighted by Gasteiger charge is 2.23. The molecule has 0 aliphatic rings. The zero-order chi connectivity index (χ0) is 9.99. The second-order valence-electron chi connectivity index (χ2n) is 2.79. The van der Waals surface area contributed by atoms with Crippen LogP contribution in [-0.4, -0.2) is 40.3 Å². The Morgan fingerprint density at radius 1 is 1.17 bits per heavy atom. The first-order valence-corrected chi connectivity index (χ1v) is 7.34. The van der Waals surface area contributed by atoms with Crippen molar-refractivity contribution in [3.05, 3.63) is 6.42 Å². The smallest absolute Gasteiger partial charge is 0.151 e. The van der Waals surface area contributed by atoms with E-state index in [0.29, 0.717) is 0 Å². The molecule has 0 aliphatic heterocycles. The fourth-order valence-corrected chi connectivity index (χ4v) is 3.78. The Bertz CT molecular complexity index is 325. The van der Waals surface area contributed by atoms with E-state index in [4.69, 9.17) is 0 Å². The van der Waals surface area contributed by atoms with Gasteiger partial charge in [0.2, 0.25) is 0 Å². The Morgan fingerprint density at radius 3 is 1.67 bits per heavy atom. The molecule has 0 aromatic carbocycles. The van der Waals surface area contributed by atoms with Crippen LogP contribution in [0.5, 0.6) is 0 Å². The quantitative estimate of drug-likeness (QED) is 0.641. The monoisotopic (exact) mass is 213 g/mol. The standard InChI is InChI=1S/C6H13O4S2/c1-4-6(12(3,9)10)5-11(2,7)8/h4,6H,5H2,1-3H3. The highest BCUT2D eigenvalue weighted by Crippen LogP contribution is 2.05. The molecule has 0 heterocycles. The first-order chi connectivity index (χ1) is 5.17. The van der Waals surface area contributed by atoms with Crippen molar-refractivity contribution in [1.29, 1.82) is 0 Å². The second kappa shape index (κ2) is 3.74. The second-order valence-corrected chi connectivity index (χ2v) is 7.24. The number of hydrogen-bond donors (Lipinski definition) is 0. The maximum absolute atomic E-state index is 10.9. The summed E-state index contributed by atoms with van der Waals surface area (Å²) in [7, 11) is -6.51. The van der Waals surface area contributed by atoms with Gasteiger partial charge in [-0.1, -0.05) is 6.92 Å². The van der Waals surface area contributed by atoms with Gasteiger partial charge in [-0.2, -0.15) is 0 Å². The van der Waals surface area contributed by atoms with Crippen LogP contribution in [0, 0.1) is 6.42 Å². The minimum absolute atomic E-state index is 0.331. The first kappa shape index (κ1) is 11.9. The zero-order valence-corrected chi connectivity index (χ0v) is 8.94. The maximum atomic E-state index is 10.9. The predicted molar refractivity (Wildman–Crippen MR) is 48.3 cm³/mol. The van der Waals surface area contributed by atoms with Crippen molar-refractivity contribution in [1.82, 2.24) is 0 Å². The van der Waals surface area contributed by atoms with Crippen LogP contribution >= 0.6 is 0 Å². The summed E-state index contributed by atoms with van der Waals surface area (Å²) in [5.41, 5.74) is 0. The third-order valence-electron chi connectivity index (χ3n) is 1.39. The van der Waals surface area contributed by atoms with Gasteiger partial charge in [0.15, 0.2) is 9.84 Å². The summed E-state index contributed by atoms with van der Waals surface area (Å²) in [6.45, 7) is 1.54. The predicted octanol–water partition coefficient (Wildman–Crippen LogP) is -0.332. The average molecular weight is 213 g/mol. The lowest BCUT2D eigenvalue weighted by atomic mass is 10.4. The molecule has 4 nitrogen and oxygen atoms in total. The Morgan fingerprint density at radius 2 is 1.58 bits per heavy atom. The molecule has 0 aromatic heterocycles. The average Bonchev–Trinajstić information content (AvgIpc) is 1.78. The normalized spacial score (nSPS) is 15.9. The van der Waals surface area contributed by atoms with Crippen molar-refractivity contribution < 1.29 is 16.8 Å². The lowest BCUT2D eigenvalue weighted by molar-refractivity contribution is 0.585. The molecule has 0 saturated carbocycles. The van der Waals surface area contributed by atoms with Crippen molar-refractivity contribution in [2.45, 2.75) is 12.2 Å². The fraction of sp³-hybridized carbons (Fsp3) is 0.833. The fourth-order valence-electron chi connectivity index (χ4n) is 0.765. The van der Waals surface area contributed by atoms with Gasteiger partial charge < -0.3 is 0 Å². The molecule has 0 saturated heterocycles. The highest BCUT2D eigenvalue weighted by atomic mass is 32.2. The molecule has 0 rings (SSSR count). The molecule has 0 aliphatic carbocycles. The van der Waals surface area contributed by atoms with Gasteiger partial charge in [-0.15, -0.1) is 0 Å². The van der Waals surface area contributed by atoms with Crippen molar-refractivity contribution in [2.24, 2.45) is 0 Å².